The lowest BCUT2D eigenvalue weighted by Gasteiger charge is -2.36. The molecule has 6 nitrogen and oxygen atoms in total. The van der Waals surface area contributed by atoms with Gasteiger partial charge in [-0.15, -0.1) is 0 Å². The van der Waals surface area contributed by atoms with Crippen LogP contribution in [0.2, 0.25) is 15.1 Å². The molecule has 2 aliphatic rings. The molecular weight excluding hydrogens is 493 g/mol. The third-order valence-electron chi connectivity index (χ3n) is 6.26. The van der Waals surface area contributed by atoms with Gasteiger partial charge >= 0.3 is 0 Å². The first-order valence-electron chi connectivity index (χ1n) is 11.2. The van der Waals surface area contributed by atoms with Crippen LogP contribution >= 0.6 is 34.8 Å². The van der Waals surface area contributed by atoms with Crippen LogP contribution in [0.25, 0.3) is 0 Å². The number of fused-ring (bicyclic) bond motifs is 1. The lowest BCUT2D eigenvalue weighted by Crippen LogP contribution is -2.48. The maximum atomic E-state index is 13.3. The van der Waals surface area contributed by atoms with E-state index in [9.17, 15) is 4.79 Å². The van der Waals surface area contributed by atoms with E-state index >= 15 is 0 Å². The molecule has 176 valence electrons. The minimum atomic E-state index is -0.00244. The molecule has 3 heterocycles. The van der Waals surface area contributed by atoms with E-state index in [1.165, 1.54) is 0 Å². The third kappa shape index (κ3) is 4.90. The predicted molar refractivity (Wildman–Crippen MR) is 140 cm³/mol. The van der Waals surface area contributed by atoms with Crippen LogP contribution in [0.15, 0.2) is 54.7 Å². The van der Waals surface area contributed by atoms with Gasteiger partial charge in [-0.25, -0.2) is 4.98 Å². The van der Waals surface area contributed by atoms with Crippen molar-refractivity contribution in [3.05, 3.63) is 80.9 Å². The molecule has 2 aromatic carbocycles. The summed E-state index contributed by atoms with van der Waals surface area (Å²) in [6.45, 7) is 4.97. The second-order valence-electron chi connectivity index (χ2n) is 8.43. The fourth-order valence-corrected chi connectivity index (χ4v) is 4.91. The molecule has 5 rings (SSSR count). The van der Waals surface area contributed by atoms with Gasteiger partial charge in [-0.3, -0.25) is 4.79 Å². The summed E-state index contributed by atoms with van der Waals surface area (Å²) in [6, 6.07) is 15.2. The number of pyridine rings is 1. The Kier molecular flexibility index (Phi) is 6.73. The number of nitrogens with one attached hydrogen (secondary N) is 1. The fourth-order valence-electron chi connectivity index (χ4n) is 4.41. The van der Waals surface area contributed by atoms with Crippen molar-refractivity contribution in [1.82, 2.24) is 9.88 Å². The van der Waals surface area contributed by atoms with Crippen LogP contribution < -0.4 is 15.1 Å². The zero-order valence-corrected chi connectivity index (χ0v) is 20.7. The Morgan fingerprint density at radius 3 is 2.41 bits per heavy atom. The van der Waals surface area contributed by atoms with Crippen molar-refractivity contribution in [2.45, 2.75) is 6.54 Å². The van der Waals surface area contributed by atoms with E-state index in [4.69, 9.17) is 34.8 Å². The number of nitrogens with zero attached hydrogens (tertiary/aromatic N) is 4. The maximum absolute atomic E-state index is 13.3. The Hall–Kier alpha value is -2.67. The number of benzene rings is 2. The average molecular weight is 517 g/mol. The van der Waals surface area contributed by atoms with E-state index in [0.29, 0.717) is 35.2 Å². The van der Waals surface area contributed by atoms with Crippen LogP contribution in [-0.4, -0.2) is 55.1 Å². The number of carbonyl (C=O) groups excluding carboxylic acids is 1. The normalized spacial score (nSPS) is 15.7. The Morgan fingerprint density at radius 1 is 0.912 bits per heavy atom. The molecule has 2 aliphatic heterocycles. The van der Waals surface area contributed by atoms with Crippen molar-refractivity contribution in [3.63, 3.8) is 0 Å². The number of carbonyl (C=O) groups is 1. The molecule has 0 atom stereocenters. The molecule has 0 spiro atoms. The van der Waals surface area contributed by atoms with Gasteiger partial charge in [0.05, 0.1) is 11.3 Å². The molecule has 1 N–H and O–H groups in total. The second kappa shape index (κ2) is 9.90. The van der Waals surface area contributed by atoms with Crippen molar-refractivity contribution in [2.24, 2.45) is 0 Å². The number of rotatable bonds is 4. The zero-order valence-electron chi connectivity index (χ0n) is 18.5. The molecule has 0 saturated carbocycles. The zero-order chi connectivity index (χ0) is 23.7. The highest BCUT2D eigenvalue weighted by Crippen LogP contribution is 2.32. The van der Waals surface area contributed by atoms with Crippen molar-refractivity contribution in [1.29, 1.82) is 0 Å². The molecule has 1 fully saturated rings. The first kappa shape index (κ1) is 23.1. The van der Waals surface area contributed by atoms with Crippen LogP contribution in [-0.2, 0) is 6.54 Å². The highest BCUT2D eigenvalue weighted by Gasteiger charge is 2.25. The fraction of sp³-hybridized carbons (Fsp3) is 0.280. The summed E-state index contributed by atoms with van der Waals surface area (Å²) < 4.78 is 0. The summed E-state index contributed by atoms with van der Waals surface area (Å²) in [5.74, 6) is 0.769. The standard InChI is InChI=1S/C25H24Cl3N5O/c26-19-1-4-21(5-2-19)31-9-11-32(12-10-31)25(34)17-14-23-24(30-15-17)29-7-8-33(23)16-18-13-20(27)3-6-22(18)28/h1-6,13-15H,7-12,16H2,(H,29,30). The van der Waals surface area contributed by atoms with E-state index in [1.807, 2.05) is 47.4 Å². The molecule has 0 unspecified atom stereocenters. The number of piperazine rings is 1. The van der Waals surface area contributed by atoms with Gasteiger partial charge in [-0.2, -0.15) is 0 Å². The Balaban J connectivity index is 1.30. The van der Waals surface area contributed by atoms with E-state index < -0.39 is 0 Å². The summed E-state index contributed by atoms with van der Waals surface area (Å²) in [5.41, 5.74) is 3.54. The van der Waals surface area contributed by atoms with Gasteiger partial charge in [0.2, 0.25) is 0 Å². The number of amides is 1. The molecule has 34 heavy (non-hydrogen) atoms. The van der Waals surface area contributed by atoms with Gasteiger partial charge in [0.15, 0.2) is 0 Å². The minimum Gasteiger partial charge on any atom is -0.368 e. The third-order valence-corrected chi connectivity index (χ3v) is 7.11. The average Bonchev–Trinajstić information content (AvgIpc) is 2.86. The van der Waals surface area contributed by atoms with Crippen LogP contribution in [0, 0.1) is 0 Å². The van der Waals surface area contributed by atoms with E-state index in [1.54, 1.807) is 12.3 Å². The molecular formula is C25H24Cl3N5O. The summed E-state index contributed by atoms with van der Waals surface area (Å²) in [7, 11) is 0. The number of aromatic nitrogens is 1. The van der Waals surface area contributed by atoms with Gasteiger partial charge in [0.1, 0.15) is 5.82 Å². The van der Waals surface area contributed by atoms with Gasteiger partial charge < -0.3 is 20.0 Å². The van der Waals surface area contributed by atoms with Crippen molar-refractivity contribution < 1.29 is 4.79 Å². The first-order chi connectivity index (χ1) is 16.5. The van der Waals surface area contributed by atoms with E-state index in [2.05, 4.69) is 20.1 Å². The Bertz CT molecular complexity index is 1200. The molecule has 1 saturated heterocycles. The van der Waals surface area contributed by atoms with Gasteiger partial charge in [0, 0.05) is 72.8 Å². The van der Waals surface area contributed by atoms with Crippen LogP contribution in [0.4, 0.5) is 17.2 Å². The minimum absolute atomic E-state index is 0.00244. The molecule has 0 aliphatic carbocycles. The number of hydrogen-bond donors (Lipinski definition) is 1. The number of hydrogen-bond acceptors (Lipinski definition) is 5. The molecule has 9 heteroatoms. The van der Waals surface area contributed by atoms with Gasteiger partial charge in [0.25, 0.3) is 5.91 Å². The second-order valence-corrected chi connectivity index (χ2v) is 9.71. The van der Waals surface area contributed by atoms with Crippen LogP contribution in [0.3, 0.4) is 0 Å². The molecule has 0 radical (unpaired) electrons. The van der Waals surface area contributed by atoms with Crippen LogP contribution in [0.1, 0.15) is 15.9 Å². The van der Waals surface area contributed by atoms with Gasteiger partial charge in [-0.05, 0) is 54.1 Å². The maximum Gasteiger partial charge on any atom is 0.255 e. The Labute approximate surface area is 214 Å². The quantitative estimate of drug-likeness (QED) is 0.501. The number of halogens is 3. The van der Waals surface area contributed by atoms with Crippen molar-refractivity contribution in [3.8, 4) is 0 Å². The van der Waals surface area contributed by atoms with E-state index in [-0.39, 0.29) is 5.91 Å². The molecule has 0 bridgehead atoms. The topological polar surface area (TPSA) is 51.7 Å². The lowest BCUT2D eigenvalue weighted by atomic mass is 10.1. The number of anilines is 3. The smallest absolute Gasteiger partial charge is 0.255 e. The van der Waals surface area contributed by atoms with E-state index in [0.717, 1.165) is 54.0 Å². The molecule has 1 aromatic heterocycles. The summed E-state index contributed by atoms with van der Waals surface area (Å²) in [5, 5.41) is 5.36. The SMILES string of the molecule is O=C(c1cnc2c(c1)N(Cc1cc(Cl)ccc1Cl)CCN2)N1CCN(c2ccc(Cl)cc2)CC1. The highest BCUT2D eigenvalue weighted by atomic mass is 35.5. The predicted octanol–water partition coefficient (Wildman–Crippen LogP) is 5.44. The van der Waals surface area contributed by atoms with Crippen molar-refractivity contribution in [2.75, 3.05) is 54.4 Å². The van der Waals surface area contributed by atoms with Crippen LogP contribution in [0.5, 0.6) is 0 Å². The Morgan fingerprint density at radius 2 is 1.65 bits per heavy atom. The first-order valence-corrected chi connectivity index (χ1v) is 12.3. The monoisotopic (exact) mass is 515 g/mol. The highest BCUT2D eigenvalue weighted by molar-refractivity contribution is 6.33. The molecule has 3 aromatic rings. The summed E-state index contributed by atoms with van der Waals surface area (Å²) in [4.78, 5) is 24.2. The van der Waals surface area contributed by atoms with Crippen molar-refractivity contribution >= 4 is 57.9 Å². The lowest BCUT2D eigenvalue weighted by molar-refractivity contribution is 0.0746. The summed E-state index contributed by atoms with van der Waals surface area (Å²) in [6.07, 6.45) is 1.66. The molecule has 1 amide bonds. The van der Waals surface area contributed by atoms with Gasteiger partial charge in [-0.1, -0.05) is 34.8 Å². The summed E-state index contributed by atoms with van der Waals surface area (Å²) >= 11 is 18.6. The largest absolute Gasteiger partial charge is 0.368 e.